The number of phenols is 3. The van der Waals surface area contributed by atoms with Gasteiger partial charge in [0.25, 0.3) is 11.7 Å². The van der Waals surface area contributed by atoms with Crippen molar-refractivity contribution in [3.05, 3.63) is 52.8 Å². The number of aliphatic hydroxyl groups excluding tert-OH is 1. The van der Waals surface area contributed by atoms with Gasteiger partial charge in [0.2, 0.25) is 0 Å². The number of Topliss-reactive ketones (excluding diaryl/α,β-unsaturated/α-hetero) is 1. The van der Waals surface area contributed by atoms with Gasteiger partial charge >= 0.3 is 19.6 Å². The molecule has 17 nitrogen and oxygen atoms in total. The Morgan fingerprint density at radius 2 is 1.59 bits per heavy atom. The maximum atomic E-state index is 14.1. The molecule has 0 saturated heterocycles. The summed E-state index contributed by atoms with van der Waals surface area (Å²) in [5, 5.41) is 47.2. The number of hydrogen-bond donors (Lipinski definition) is 7. The third-order valence-electron chi connectivity index (χ3n) is 10.4. The molecule has 56 heavy (non-hydrogen) atoms. The summed E-state index contributed by atoms with van der Waals surface area (Å²) in [5.41, 5.74) is -1.58. The second-order valence-electron chi connectivity index (χ2n) is 14.3. The van der Waals surface area contributed by atoms with Crippen LogP contribution < -0.4 is 10.1 Å². The molecule has 7 N–H and O–H groups in total. The first-order valence-electron chi connectivity index (χ1n) is 17.6. The Balaban J connectivity index is 1.96. The molecule has 9 atom stereocenters. The Labute approximate surface area is 322 Å². The summed E-state index contributed by atoms with van der Waals surface area (Å²) in [6.07, 6.45) is 2.10. The molecule has 306 valence electrons. The number of phenolic OH excluding ortho intramolecular Hbond substituents is 3. The van der Waals surface area contributed by atoms with Crippen molar-refractivity contribution >= 4 is 48.2 Å². The highest BCUT2D eigenvalue weighted by Gasteiger charge is 2.50. The molecule has 0 radical (unpaired) electrons. The van der Waals surface area contributed by atoms with Crippen LogP contribution in [0.4, 0.5) is 5.69 Å². The number of amides is 1. The minimum Gasteiger partial charge on any atom is -0.507 e. The Morgan fingerprint density at radius 1 is 0.964 bits per heavy atom. The molecular formula is C38H48NO16P. The van der Waals surface area contributed by atoms with Gasteiger partial charge in [-0.2, -0.15) is 0 Å². The lowest BCUT2D eigenvalue weighted by atomic mass is 9.78. The van der Waals surface area contributed by atoms with E-state index in [0.29, 0.717) is 0 Å². The van der Waals surface area contributed by atoms with Crippen molar-refractivity contribution in [1.82, 2.24) is 0 Å². The zero-order valence-corrected chi connectivity index (χ0v) is 33.2. The monoisotopic (exact) mass is 805 g/mol. The van der Waals surface area contributed by atoms with E-state index in [1.54, 1.807) is 20.8 Å². The van der Waals surface area contributed by atoms with Crippen molar-refractivity contribution in [2.45, 2.75) is 85.6 Å². The van der Waals surface area contributed by atoms with Gasteiger partial charge in [0.05, 0.1) is 46.8 Å². The molecule has 0 saturated carbocycles. The Bertz CT molecular complexity index is 2050. The van der Waals surface area contributed by atoms with Crippen LogP contribution in [-0.2, 0) is 32.9 Å². The molecule has 3 aliphatic heterocycles. The van der Waals surface area contributed by atoms with Gasteiger partial charge in [0.1, 0.15) is 23.4 Å². The number of methoxy groups -OCH3 is 1. The fourth-order valence-electron chi connectivity index (χ4n) is 7.20. The molecule has 3 heterocycles. The Kier molecular flexibility index (Phi) is 13.2. The number of esters is 1. The van der Waals surface area contributed by atoms with Crippen molar-refractivity contribution in [1.29, 1.82) is 0 Å². The molecule has 0 fully saturated rings. The van der Waals surface area contributed by atoms with E-state index in [4.69, 9.17) is 23.5 Å². The van der Waals surface area contributed by atoms with Crippen LogP contribution in [0.1, 0.15) is 74.7 Å². The second kappa shape index (κ2) is 16.8. The van der Waals surface area contributed by atoms with E-state index in [0.717, 1.165) is 6.26 Å². The van der Waals surface area contributed by atoms with E-state index >= 15 is 0 Å². The van der Waals surface area contributed by atoms with Crippen LogP contribution in [0.15, 0.2) is 36.1 Å². The molecule has 0 spiro atoms. The molecule has 0 aliphatic carbocycles. The van der Waals surface area contributed by atoms with E-state index in [2.05, 4.69) is 5.32 Å². The predicted molar refractivity (Wildman–Crippen MR) is 200 cm³/mol. The zero-order chi connectivity index (χ0) is 42.2. The highest BCUT2D eigenvalue weighted by atomic mass is 31.2. The van der Waals surface area contributed by atoms with E-state index in [1.165, 1.54) is 66.0 Å². The summed E-state index contributed by atoms with van der Waals surface area (Å²) in [7, 11) is -3.78. The molecule has 5 bridgehead atoms. The maximum Gasteiger partial charge on any atom is 0.469 e. The minimum atomic E-state index is -5.13. The van der Waals surface area contributed by atoms with Crippen LogP contribution in [0.25, 0.3) is 10.8 Å². The quantitative estimate of drug-likeness (QED) is 0.0711. The van der Waals surface area contributed by atoms with E-state index in [9.17, 15) is 54.0 Å². The highest BCUT2D eigenvalue weighted by molar-refractivity contribution is 7.46. The first-order chi connectivity index (χ1) is 26.0. The summed E-state index contributed by atoms with van der Waals surface area (Å²) in [5.74, 6) is -10.6. The lowest BCUT2D eigenvalue weighted by Crippen LogP contribution is -2.47. The molecule has 0 unspecified atom stereocenters. The Morgan fingerprint density at radius 3 is 2.16 bits per heavy atom. The van der Waals surface area contributed by atoms with Gasteiger partial charge in [0, 0.05) is 61.2 Å². The van der Waals surface area contributed by atoms with Gasteiger partial charge in [-0.15, -0.1) is 0 Å². The number of phosphoric acid groups is 1. The third kappa shape index (κ3) is 8.48. The van der Waals surface area contributed by atoms with Crippen LogP contribution in [0.3, 0.4) is 0 Å². The number of hydrogen-bond acceptors (Lipinski definition) is 14. The number of aldehydes is 1. The van der Waals surface area contributed by atoms with E-state index in [-0.39, 0.29) is 28.7 Å². The van der Waals surface area contributed by atoms with Gasteiger partial charge < -0.3 is 54.5 Å². The number of ether oxygens (including phenoxy) is 4. The fourth-order valence-corrected chi connectivity index (χ4v) is 7.90. The molecule has 2 aromatic carbocycles. The number of rotatable bonds is 5. The van der Waals surface area contributed by atoms with Gasteiger partial charge in [-0.05, 0) is 19.9 Å². The standard InChI is InChI=1S/C38H48NO16P/c1-16-11-10-12-17(2)37(47)39-28-23(15-40)31(44)25-26(32(28)45)30(43)21(6)35-27(25)36(46)38(8,54-35)52-14-13-24(51-9)18(3)34(53-22(7)41)20(5)29(42)19(4)33(16)55-56(48,49)50/h10-16,18-20,24,29,33-34,42-45H,1-9H3,(H,39,47)(H2,48,49,50)/b11-10-,14-13?,17-12-/t16-,18+,19-,20+,24-,29+,33-,34+,38-/m0/s1. The van der Waals surface area contributed by atoms with Crippen molar-refractivity contribution in [2.24, 2.45) is 23.7 Å². The van der Waals surface area contributed by atoms with Crippen molar-refractivity contribution in [2.75, 3.05) is 12.4 Å². The average Bonchev–Trinajstić information content (AvgIpc) is 3.39. The van der Waals surface area contributed by atoms with Crippen LogP contribution in [0.2, 0.25) is 0 Å². The first kappa shape index (κ1) is 44.0. The molecule has 1 amide bonds. The van der Waals surface area contributed by atoms with E-state index < -0.39 is 119 Å². The van der Waals surface area contributed by atoms with Gasteiger partial charge in [-0.3, -0.25) is 23.7 Å². The maximum absolute atomic E-state index is 14.1. The van der Waals surface area contributed by atoms with Gasteiger partial charge in [-0.25, -0.2) is 4.57 Å². The molecule has 18 heteroatoms. The first-order valence-corrected chi connectivity index (χ1v) is 19.1. The lowest BCUT2D eigenvalue weighted by molar-refractivity contribution is -0.160. The Hall–Kier alpha value is -4.77. The van der Waals surface area contributed by atoms with E-state index in [1.807, 2.05) is 0 Å². The molecule has 3 aliphatic rings. The normalized spacial score (nSPS) is 30.6. The number of allylic oxidation sites excluding steroid dienone is 2. The highest BCUT2D eigenvalue weighted by Crippen LogP contribution is 2.55. The third-order valence-corrected chi connectivity index (χ3v) is 10.9. The van der Waals surface area contributed by atoms with Crippen molar-refractivity contribution in [3.63, 3.8) is 0 Å². The van der Waals surface area contributed by atoms with Gasteiger partial charge in [0.15, 0.2) is 12.0 Å². The fraction of sp³-hybridized carbons (Fsp3) is 0.474. The smallest absolute Gasteiger partial charge is 0.469 e. The molecule has 2 aromatic rings. The number of ketones is 1. The number of anilines is 1. The molecular weight excluding hydrogens is 757 g/mol. The number of carbonyl (C=O) groups is 4. The van der Waals surface area contributed by atoms with Crippen molar-refractivity contribution in [3.8, 4) is 23.0 Å². The number of phosphoric ester groups is 1. The number of benzene rings is 2. The number of fused-ring (bicyclic) bond motifs is 14. The number of aromatic hydroxyl groups is 3. The minimum absolute atomic E-state index is 0.0160. The zero-order valence-electron chi connectivity index (χ0n) is 32.3. The average molecular weight is 806 g/mol. The summed E-state index contributed by atoms with van der Waals surface area (Å²) in [4.78, 5) is 71.8. The second-order valence-corrected chi connectivity index (χ2v) is 15.5. The summed E-state index contributed by atoms with van der Waals surface area (Å²) >= 11 is 0. The van der Waals surface area contributed by atoms with Gasteiger partial charge in [-0.1, -0.05) is 45.9 Å². The summed E-state index contributed by atoms with van der Waals surface area (Å²) in [6.45, 7) is 11.5. The predicted octanol–water partition coefficient (Wildman–Crippen LogP) is 4.68. The van der Waals surface area contributed by atoms with Crippen LogP contribution >= 0.6 is 7.82 Å². The van der Waals surface area contributed by atoms with Crippen molar-refractivity contribution < 1.29 is 77.4 Å². The molecule has 0 aromatic heterocycles. The SMILES string of the molecule is CO[C@H]1C=CO[C@@]2(C)Oc3c(C)c(O)c4c(O)c(c(C=O)c(O)c4c3C2=O)NC(=O)/C(C)=C\C=C/[C@H](C)[C@H](OP(=O)(O)O)[C@@H](C)[C@@H](O)[C@@H](C)[C@H](OC(C)=O)[C@@H]1C. The summed E-state index contributed by atoms with van der Waals surface area (Å²) < 4.78 is 40.4. The van der Waals surface area contributed by atoms with Crippen LogP contribution in [0.5, 0.6) is 23.0 Å². The number of carbonyl (C=O) groups excluding carboxylic acids is 4. The lowest BCUT2D eigenvalue weighted by Gasteiger charge is -2.39. The largest absolute Gasteiger partial charge is 0.507 e. The molecule has 5 rings (SSSR count). The number of aliphatic hydroxyl groups is 1. The topological polar surface area (TPSA) is 265 Å². The summed E-state index contributed by atoms with van der Waals surface area (Å²) in [6, 6.07) is 0. The van der Waals surface area contributed by atoms with Crippen LogP contribution in [-0.4, -0.2) is 91.5 Å². The number of nitrogens with one attached hydrogen (secondary N) is 1. The van der Waals surface area contributed by atoms with Crippen LogP contribution in [0, 0.1) is 30.6 Å².